The molecule has 0 saturated carbocycles. The Hall–Kier alpha value is -3.17. The lowest BCUT2D eigenvalue weighted by Crippen LogP contribution is -1.95. The van der Waals surface area contributed by atoms with Gasteiger partial charge in [-0.3, -0.25) is 0 Å². The molecule has 0 spiro atoms. The average Bonchev–Trinajstić information content (AvgIpc) is 3.14. The summed E-state index contributed by atoms with van der Waals surface area (Å²) in [4.78, 5) is 8.49. The lowest BCUT2D eigenvalue weighted by Gasteiger charge is -2.05. The number of hydrogen-bond acceptors (Lipinski definition) is 2. The number of nitrogens with zero attached hydrogens (tertiary/aromatic N) is 1. The fourth-order valence-corrected chi connectivity index (χ4v) is 3.61. The first-order valence-electron chi connectivity index (χ1n) is 8.44. The van der Waals surface area contributed by atoms with Gasteiger partial charge in [0.1, 0.15) is 5.82 Å². The van der Waals surface area contributed by atoms with Crippen LogP contribution in [0.1, 0.15) is 5.56 Å². The lowest BCUT2D eigenvalue weighted by molar-refractivity contribution is 1.07. The molecular formula is C22H17N3. The molecule has 0 aliphatic heterocycles. The molecule has 3 heteroatoms. The molecule has 0 atom stereocenters. The van der Waals surface area contributed by atoms with E-state index < -0.39 is 0 Å². The van der Waals surface area contributed by atoms with Gasteiger partial charge in [-0.15, -0.1) is 0 Å². The highest BCUT2D eigenvalue weighted by molar-refractivity contribution is 6.23. The summed E-state index contributed by atoms with van der Waals surface area (Å²) in [5.74, 6) is 0.881. The smallest absolute Gasteiger partial charge is 0.138 e. The molecule has 0 aliphatic rings. The number of rotatable bonds is 2. The Labute approximate surface area is 145 Å². The molecule has 5 rings (SSSR count). The summed E-state index contributed by atoms with van der Waals surface area (Å²) in [6.45, 7) is 0.528. The summed E-state index contributed by atoms with van der Waals surface area (Å²) < 4.78 is 0. The topological polar surface area (TPSA) is 54.7 Å². The van der Waals surface area contributed by atoms with Crippen molar-refractivity contribution in [2.75, 3.05) is 0 Å². The van der Waals surface area contributed by atoms with Crippen LogP contribution in [-0.2, 0) is 6.54 Å². The molecule has 5 aromatic rings. The fourth-order valence-electron chi connectivity index (χ4n) is 3.61. The largest absolute Gasteiger partial charge is 0.337 e. The highest BCUT2D eigenvalue weighted by Gasteiger charge is 2.13. The van der Waals surface area contributed by atoms with Gasteiger partial charge in [0.2, 0.25) is 0 Å². The van der Waals surface area contributed by atoms with E-state index in [2.05, 4.69) is 65.6 Å². The van der Waals surface area contributed by atoms with E-state index in [1.54, 1.807) is 0 Å². The maximum atomic E-state index is 5.79. The Balaban J connectivity index is 1.90. The SMILES string of the molecule is NCc1cccc(-c2nc3c4ccccc4c4ccccc4c3[nH]2)c1. The number of H-pyrrole nitrogens is 1. The molecule has 0 saturated heterocycles. The van der Waals surface area contributed by atoms with Gasteiger partial charge in [-0.25, -0.2) is 4.98 Å². The van der Waals surface area contributed by atoms with Crippen LogP contribution in [0, 0.1) is 0 Å². The number of nitrogens with two attached hydrogens (primary N) is 1. The van der Waals surface area contributed by atoms with Crippen LogP contribution in [0.4, 0.5) is 0 Å². The first-order valence-corrected chi connectivity index (χ1v) is 8.44. The normalized spacial score (nSPS) is 11.6. The summed E-state index contributed by atoms with van der Waals surface area (Å²) in [7, 11) is 0. The van der Waals surface area contributed by atoms with Crippen molar-refractivity contribution in [1.29, 1.82) is 0 Å². The lowest BCUT2D eigenvalue weighted by atomic mass is 10.0. The van der Waals surface area contributed by atoms with E-state index in [1.807, 2.05) is 12.1 Å². The first-order chi connectivity index (χ1) is 12.3. The molecule has 0 fully saturated rings. The second-order valence-corrected chi connectivity index (χ2v) is 6.30. The Morgan fingerprint density at radius 1 is 0.760 bits per heavy atom. The molecule has 0 amide bonds. The molecule has 1 aromatic heterocycles. The van der Waals surface area contributed by atoms with E-state index >= 15 is 0 Å². The van der Waals surface area contributed by atoms with Crippen molar-refractivity contribution in [1.82, 2.24) is 9.97 Å². The average molecular weight is 323 g/mol. The Kier molecular flexibility index (Phi) is 3.08. The van der Waals surface area contributed by atoms with Gasteiger partial charge < -0.3 is 10.7 Å². The quantitative estimate of drug-likeness (QED) is 0.449. The van der Waals surface area contributed by atoms with Crippen molar-refractivity contribution in [3.63, 3.8) is 0 Å². The fraction of sp³-hybridized carbons (Fsp3) is 0.0455. The van der Waals surface area contributed by atoms with Crippen molar-refractivity contribution in [3.8, 4) is 11.4 Å². The van der Waals surface area contributed by atoms with Gasteiger partial charge in [0.25, 0.3) is 0 Å². The molecule has 0 radical (unpaired) electrons. The Morgan fingerprint density at radius 3 is 2.20 bits per heavy atom. The zero-order valence-corrected chi connectivity index (χ0v) is 13.7. The van der Waals surface area contributed by atoms with Crippen LogP contribution in [0.25, 0.3) is 44.0 Å². The number of aromatic amines is 1. The molecule has 25 heavy (non-hydrogen) atoms. The molecule has 3 N–H and O–H groups in total. The highest BCUT2D eigenvalue weighted by atomic mass is 14.9. The zero-order valence-electron chi connectivity index (χ0n) is 13.7. The third-order valence-electron chi connectivity index (χ3n) is 4.81. The van der Waals surface area contributed by atoms with Gasteiger partial charge in [-0.1, -0.05) is 66.7 Å². The van der Waals surface area contributed by atoms with Crippen LogP contribution in [0.3, 0.4) is 0 Å². The van der Waals surface area contributed by atoms with Crippen LogP contribution in [-0.4, -0.2) is 9.97 Å². The number of nitrogens with one attached hydrogen (secondary N) is 1. The van der Waals surface area contributed by atoms with E-state index in [4.69, 9.17) is 10.7 Å². The highest BCUT2D eigenvalue weighted by Crippen LogP contribution is 2.35. The molecule has 1 heterocycles. The maximum absolute atomic E-state index is 5.79. The van der Waals surface area contributed by atoms with Crippen molar-refractivity contribution >= 4 is 32.6 Å². The summed E-state index contributed by atoms with van der Waals surface area (Å²) in [6, 6.07) is 25.2. The van der Waals surface area contributed by atoms with Crippen LogP contribution >= 0.6 is 0 Å². The minimum absolute atomic E-state index is 0.528. The molecular weight excluding hydrogens is 306 g/mol. The van der Waals surface area contributed by atoms with Gasteiger partial charge in [-0.05, 0) is 22.4 Å². The second kappa shape index (κ2) is 5.43. The van der Waals surface area contributed by atoms with E-state index in [1.165, 1.54) is 21.5 Å². The minimum Gasteiger partial charge on any atom is -0.337 e. The number of hydrogen-bond donors (Lipinski definition) is 2. The number of benzene rings is 4. The minimum atomic E-state index is 0.528. The molecule has 4 aromatic carbocycles. The number of aromatic nitrogens is 2. The summed E-state index contributed by atoms with van der Waals surface area (Å²) in [6.07, 6.45) is 0. The molecule has 0 bridgehead atoms. The summed E-state index contributed by atoms with van der Waals surface area (Å²) >= 11 is 0. The predicted molar refractivity (Wildman–Crippen MR) is 104 cm³/mol. The van der Waals surface area contributed by atoms with Crippen molar-refractivity contribution in [3.05, 3.63) is 78.4 Å². The first kappa shape index (κ1) is 14.2. The van der Waals surface area contributed by atoms with E-state index in [-0.39, 0.29) is 0 Å². The number of imidazole rings is 1. The molecule has 3 nitrogen and oxygen atoms in total. The van der Waals surface area contributed by atoms with Gasteiger partial charge in [0.05, 0.1) is 11.0 Å². The van der Waals surface area contributed by atoms with Crippen LogP contribution in [0.5, 0.6) is 0 Å². The van der Waals surface area contributed by atoms with Crippen LogP contribution in [0.2, 0.25) is 0 Å². The summed E-state index contributed by atoms with van der Waals surface area (Å²) in [5, 5.41) is 4.86. The second-order valence-electron chi connectivity index (χ2n) is 6.30. The zero-order chi connectivity index (χ0) is 16.8. The van der Waals surface area contributed by atoms with E-state index in [9.17, 15) is 0 Å². The van der Waals surface area contributed by atoms with Gasteiger partial charge >= 0.3 is 0 Å². The molecule has 120 valence electrons. The third kappa shape index (κ3) is 2.13. The van der Waals surface area contributed by atoms with Crippen LogP contribution < -0.4 is 5.73 Å². The summed E-state index contributed by atoms with van der Waals surface area (Å²) in [5.41, 5.74) is 10.1. The Bertz CT molecular complexity index is 1160. The van der Waals surface area contributed by atoms with Crippen molar-refractivity contribution in [2.24, 2.45) is 5.73 Å². The molecule has 0 unspecified atom stereocenters. The van der Waals surface area contributed by atoms with Gasteiger partial charge in [0.15, 0.2) is 0 Å². The molecule has 0 aliphatic carbocycles. The monoisotopic (exact) mass is 323 g/mol. The number of fused-ring (bicyclic) bond motifs is 6. The Morgan fingerprint density at radius 2 is 1.44 bits per heavy atom. The predicted octanol–water partition coefficient (Wildman–Crippen LogP) is 5.00. The maximum Gasteiger partial charge on any atom is 0.138 e. The third-order valence-corrected chi connectivity index (χ3v) is 4.81. The van der Waals surface area contributed by atoms with Crippen molar-refractivity contribution < 1.29 is 0 Å². The van der Waals surface area contributed by atoms with Gasteiger partial charge in [-0.2, -0.15) is 0 Å². The van der Waals surface area contributed by atoms with Crippen LogP contribution in [0.15, 0.2) is 72.8 Å². The van der Waals surface area contributed by atoms with Crippen molar-refractivity contribution in [2.45, 2.75) is 6.54 Å². The van der Waals surface area contributed by atoms with E-state index in [0.29, 0.717) is 6.54 Å². The standard InChI is InChI=1S/C22H17N3/c23-13-14-6-5-7-15(12-14)22-24-20-18-10-3-1-8-16(18)17-9-2-4-11-19(17)21(20)25-22/h1-12H,13,23H2,(H,24,25). The van der Waals surface area contributed by atoms with E-state index in [0.717, 1.165) is 28.0 Å². The van der Waals surface area contributed by atoms with Gasteiger partial charge in [0, 0.05) is 22.9 Å².